The Morgan fingerprint density at radius 2 is 2.00 bits per heavy atom. The number of pyridine rings is 1. The van der Waals surface area contributed by atoms with Gasteiger partial charge < -0.3 is 18.9 Å². The number of aromatic nitrogens is 3. The molecule has 0 aliphatic carbocycles. The third-order valence-electron chi connectivity index (χ3n) is 5.43. The average Bonchev–Trinajstić information content (AvgIpc) is 3.40. The summed E-state index contributed by atoms with van der Waals surface area (Å²) in [4.78, 5) is 22.6. The minimum atomic E-state index is -0.512. The molecule has 0 bridgehead atoms. The Morgan fingerprint density at radius 3 is 2.67 bits per heavy atom. The molecule has 30 heavy (non-hydrogen) atoms. The molecule has 2 saturated heterocycles. The van der Waals surface area contributed by atoms with Crippen LogP contribution in [0.4, 0.5) is 9.18 Å². The van der Waals surface area contributed by atoms with Crippen molar-refractivity contribution in [1.82, 2.24) is 20.0 Å². The van der Waals surface area contributed by atoms with Gasteiger partial charge in [0.25, 0.3) is 5.89 Å². The van der Waals surface area contributed by atoms with Crippen LogP contribution in [0, 0.1) is 5.82 Å². The van der Waals surface area contributed by atoms with Crippen LogP contribution in [0.2, 0.25) is 0 Å². The Hall–Kier alpha value is -2.55. The van der Waals surface area contributed by atoms with Gasteiger partial charge in [0.1, 0.15) is 17.1 Å². The second-order valence-electron chi connectivity index (χ2n) is 8.85. The van der Waals surface area contributed by atoms with Gasteiger partial charge in [-0.2, -0.15) is 4.98 Å². The molecule has 0 N–H and O–H groups in total. The Kier molecular flexibility index (Phi) is 5.73. The maximum absolute atomic E-state index is 14.2. The first-order valence-electron chi connectivity index (χ1n) is 10.4. The molecule has 2 aliphatic heterocycles. The second kappa shape index (κ2) is 8.29. The Labute approximate surface area is 174 Å². The highest BCUT2D eigenvalue weighted by Gasteiger charge is 2.30. The minimum Gasteiger partial charge on any atom is -0.444 e. The van der Waals surface area contributed by atoms with Gasteiger partial charge in [0, 0.05) is 31.5 Å². The van der Waals surface area contributed by atoms with Gasteiger partial charge in [0.2, 0.25) is 0 Å². The molecule has 2 aliphatic rings. The Bertz CT molecular complexity index is 897. The van der Waals surface area contributed by atoms with Gasteiger partial charge in [0.05, 0.1) is 12.8 Å². The number of hydrogen-bond acceptors (Lipinski definition) is 7. The summed E-state index contributed by atoms with van der Waals surface area (Å²) in [5.74, 6) is 0.629. The number of likely N-dealkylation sites (tertiary alicyclic amines) is 1. The highest BCUT2D eigenvalue weighted by atomic mass is 19.1. The van der Waals surface area contributed by atoms with Gasteiger partial charge in [-0.25, -0.2) is 14.2 Å². The van der Waals surface area contributed by atoms with Gasteiger partial charge in [-0.3, -0.25) is 0 Å². The number of hydrogen-bond donors (Lipinski definition) is 0. The van der Waals surface area contributed by atoms with Crippen molar-refractivity contribution < 1.29 is 23.2 Å². The molecule has 1 atom stereocenters. The molecule has 0 radical (unpaired) electrons. The number of ether oxygens (including phenoxy) is 2. The fraction of sp³-hybridized carbons (Fsp3) is 0.619. The fourth-order valence-corrected chi connectivity index (χ4v) is 3.82. The van der Waals surface area contributed by atoms with Gasteiger partial charge in [-0.15, -0.1) is 0 Å². The number of piperidine rings is 1. The summed E-state index contributed by atoms with van der Waals surface area (Å²) in [5, 5.41) is 4.12. The standard InChI is InChI=1S/C21H27FN4O4/c1-21(2,3)29-20(27)26-7-4-13(5-8-26)18-24-19(30-25-18)17-10-15(16(22)11-23-17)14-6-9-28-12-14/h10-11,13-14H,4-9,12H2,1-3H3. The van der Waals surface area contributed by atoms with Crippen molar-refractivity contribution in [2.24, 2.45) is 0 Å². The van der Waals surface area contributed by atoms with Crippen LogP contribution in [0.3, 0.4) is 0 Å². The van der Waals surface area contributed by atoms with Crippen LogP contribution in [-0.2, 0) is 9.47 Å². The molecular weight excluding hydrogens is 391 g/mol. The zero-order valence-electron chi connectivity index (χ0n) is 17.6. The number of rotatable bonds is 3. The van der Waals surface area contributed by atoms with Crippen molar-refractivity contribution in [3.05, 3.63) is 29.5 Å². The van der Waals surface area contributed by atoms with Crippen molar-refractivity contribution in [1.29, 1.82) is 0 Å². The number of amides is 1. The first-order chi connectivity index (χ1) is 14.3. The normalized spacial score (nSPS) is 20.5. The average molecular weight is 418 g/mol. The van der Waals surface area contributed by atoms with Crippen LogP contribution < -0.4 is 0 Å². The summed E-state index contributed by atoms with van der Waals surface area (Å²) < 4.78 is 30.4. The topological polar surface area (TPSA) is 90.6 Å². The van der Waals surface area contributed by atoms with Crippen LogP contribution in [0.5, 0.6) is 0 Å². The van der Waals surface area contributed by atoms with Gasteiger partial charge in [-0.05, 0) is 51.7 Å². The Morgan fingerprint density at radius 1 is 1.23 bits per heavy atom. The molecule has 0 spiro atoms. The first-order valence-corrected chi connectivity index (χ1v) is 10.4. The summed E-state index contributed by atoms with van der Waals surface area (Å²) in [7, 11) is 0. The van der Waals surface area contributed by atoms with E-state index < -0.39 is 5.60 Å². The van der Waals surface area contributed by atoms with E-state index in [1.807, 2.05) is 20.8 Å². The molecule has 1 amide bonds. The van der Waals surface area contributed by atoms with Crippen LogP contribution in [0.1, 0.15) is 63.3 Å². The smallest absolute Gasteiger partial charge is 0.410 e. The van der Waals surface area contributed by atoms with Crippen molar-refractivity contribution in [2.45, 2.75) is 57.5 Å². The van der Waals surface area contributed by atoms with Crippen molar-refractivity contribution in [3.8, 4) is 11.6 Å². The molecule has 1 unspecified atom stereocenters. The van der Waals surface area contributed by atoms with Gasteiger partial charge >= 0.3 is 6.09 Å². The van der Waals surface area contributed by atoms with E-state index >= 15 is 0 Å². The third-order valence-corrected chi connectivity index (χ3v) is 5.43. The molecule has 2 fully saturated rings. The molecule has 9 heteroatoms. The molecule has 2 aromatic heterocycles. The van der Waals surface area contributed by atoms with E-state index in [4.69, 9.17) is 14.0 Å². The summed E-state index contributed by atoms with van der Waals surface area (Å²) in [5.41, 5.74) is 0.522. The van der Waals surface area contributed by atoms with E-state index in [9.17, 15) is 9.18 Å². The number of carbonyl (C=O) groups is 1. The van der Waals surface area contributed by atoms with E-state index in [1.54, 1.807) is 11.0 Å². The predicted molar refractivity (Wildman–Crippen MR) is 105 cm³/mol. The van der Waals surface area contributed by atoms with E-state index in [2.05, 4.69) is 15.1 Å². The van der Waals surface area contributed by atoms with Crippen molar-refractivity contribution in [2.75, 3.05) is 26.3 Å². The lowest BCUT2D eigenvalue weighted by Crippen LogP contribution is -2.41. The summed E-state index contributed by atoms with van der Waals surface area (Å²) in [6, 6.07) is 1.68. The highest BCUT2D eigenvalue weighted by molar-refractivity contribution is 5.68. The molecule has 2 aromatic rings. The second-order valence-corrected chi connectivity index (χ2v) is 8.85. The molecular formula is C21H27FN4O4. The zero-order valence-corrected chi connectivity index (χ0v) is 17.6. The quantitative estimate of drug-likeness (QED) is 0.747. The number of carbonyl (C=O) groups excluding carboxylic acids is 1. The number of halogens is 1. The summed E-state index contributed by atoms with van der Waals surface area (Å²) >= 11 is 0. The largest absolute Gasteiger partial charge is 0.444 e. The lowest BCUT2D eigenvalue weighted by Gasteiger charge is -2.32. The van der Waals surface area contributed by atoms with E-state index in [1.165, 1.54) is 6.20 Å². The van der Waals surface area contributed by atoms with Crippen molar-refractivity contribution in [3.63, 3.8) is 0 Å². The molecule has 8 nitrogen and oxygen atoms in total. The molecule has 0 aromatic carbocycles. The van der Waals surface area contributed by atoms with Crippen LogP contribution in [0.15, 0.2) is 16.8 Å². The third kappa shape index (κ3) is 4.61. The minimum absolute atomic E-state index is 0.0197. The lowest BCUT2D eigenvalue weighted by atomic mass is 9.96. The number of nitrogens with zero attached hydrogens (tertiary/aromatic N) is 4. The van der Waals surface area contributed by atoms with Crippen LogP contribution >= 0.6 is 0 Å². The molecule has 4 heterocycles. The van der Waals surface area contributed by atoms with Crippen LogP contribution in [0.25, 0.3) is 11.6 Å². The maximum atomic E-state index is 14.2. The van der Waals surface area contributed by atoms with Gasteiger partial charge in [-0.1, -0.05) is 5.16 Å². The van der Waals surface area contributed by atoms with Gasteiger partial charge in [0.15, 0.2) is 5.82 Å². The summed E-state index contributed by atoms with van der Waals surface area (Å²) in [6.07, 6.45) is 3.13. The summed E-state index contributed by atoms with van der Waals surface area (Å²) in [6.45, 7) is 7.85. The maximum Gasteiger partial charge on any atom is 0.410 e. The van der Waals surface area contributed by atoms with E-state index in [0.29, 0.717) is 43.4 Å². The van der Waals surface area contributed by atoms with E-state index in [-0.39, 0.29) is 29.6 Å². The highest BCUT2D eigenvalue weighted by Crippen LogP contribution is 2.31. The zero-order chi connectivity index (χ0) is 21.3. The SMILES string of the molecule is CC(C)(C)OC(=O)N1CCC(c2noc(-c3cc(C4CCOC4)c(F)cn3)n2)CC1. The van der Waals surface area contributed by atoms with E-state index in [0.717, 1.165) is 19.3 Å². The van der Waals surface area contributed by atoms with Crippen molar-refractivity contribution >= 4 is 6.09 Å². The lowest BCUT2D eigenvalue weighted by molar-refractivity contribution is 0.0203. The van der Waals surface area contributed by atoms with Crippen LogP contribution in [-0.4, -0.2) is 58.0 Å². The predicted octanol–water partition coefficient (Wildman–Crippen LogP) is 3.89. The fourth-order valence-electron chi connectivity index (χ4n) is 3.82. The monoisotopic (exact) mass is 418 g/mol. The molecule has 162 valence electrons. The molecule has 0 saturated carbocycles. The molecule has 4 rings (SSSR count). The first kappa shape index (κ1) is 20.7. The Balaban J connectivity index is 1.42.